The number of nitrogens with zero attached hydrogens (tertiary/aromatic N) is 2. The number of carbonyl (C=O) groups is 1. The number of aromatic amines is 1. The Kier molecular flexibility index (Phi) is 3.69. The molecule has 0 radical (unpaired) electrons. The van der Waals surface area contributed by atoms with Gasteiger partial charge in [-0.05, 0) is 44.2 Å². The van der Waals surface area contributed by atoms with E-state index in [0.717, 1.165) is 17.0 Å². The van der Waals surface area contributed by atoms with E-state index in [1.807, 2.05) is 32.0 Å². The lowest BCUT2D eigenvalue weighted by Crippen LogP contribution is -2.13. The molecule has 0 saturated carbocycles. The minimum absolute atomic E-state index is 0.320. The van der Waals surface area contributed by atoms with Crippen LogP contribution in [0.25, 0.3) is 11.5 Å². The van der Waals surface area contributed by atoms with E-state index in [9.17, 15) is 4.79 Å². The minimum atomic E-state index is -0.320. The average Bonchev–Trinajstić information content (AvgIpc) is 3.14. The number of aryl methyl sites for hydroxylation is 1. The lowest BCUT2D eigenvalue weighted by molar-refractivity contribution is 0.102. The monoisotopic (exact) mass is 306 g/mol. The SMILES string of the molecule is Cc1ccc(-c2[nH]nc(NC(=O)c3cccc(C#N)c3)c2C)o1. The van der Waals surface area contributed by atoms with Crippen LogP contribution in [0.1, 0.15) is 27.2 Å². The molecular weight excluding hydrogens is 292 g/mol. The zero-order valence-corrected chi connectivity index (χ0v) is 12.7. The van der Waals surface area contributed by atoms with E-state index in [-0.39, 0.29) is 5.91 Å². The van der Waals surface area contributed by atoms with Gasteiger partial charge in [0.05, 0.1) is 11.6 Å². The van der Waals surface area contributed by atoms with Crippen molar-refractivity contribution in [3.63, 3.8) is 0 Å². The zero-order chi connectivity index (χ0) is 16.4. The number of carbonyl (C=O) groups excluding carboxylic acids is 1. The van der Waals surface area contributed by atoms with Gasteiger partial charge < -0.3 is 9.73 Å². The molecule has 0 aliphatic rings. The molecule has 0 unspecified atom stereocenters. The van der Waals surface area contributed by atoms with Crippen LogP contribution >= 0.6 is 0 Å². The Labute approximate surface area is 132 Å². The molecular formula is C17H14N4O2. The van der Waals surface area contributed by atoms with Gasteiger partial charge >= 0.3 is 0 Å². The van der Waals surface area contributed by atoms with Crippen LogP contribution in [0.15, 0.2) is 40.8 Å². The van der Waals surface area contributed by atoms with Gasteiger partial charge in [-0.25, -0.2) is 0 Å². The summed E-state index contributed by atoms with van der Waals surface area (Å²) in [5, 5.41) is 18.6. The van der Waals surface area contributed by atoms with Crippen LogP contribution in [0.3, 0.4) is 0 Å². The molecule has 2 heterocycles. The van der Waals surface area contributed by atoms with E-state index in [2.05, 4.69) is 15.5 Å². The lowest BCUT2D eigenvalue weighted by atomic mass is 10.1. The van der Waals surface area contributed by atoms with Crippen molar-refractivity contribution in [2.45, 2.75) is 13.8 Å². The van der Waals surface area contributed by atoms with Crippen LogP contribution in [-0.4, -0.2) is 16.1 Å². The smallest absolute Gasteiger partial charge is 0.256 e. The van der Waals surface area contributed by atoms with E-state index >= 15 is 0 Å². The van der Waals surface area contributed by atoms with Crippen LogP contribution in [0.2, 0.25) is 0 Å². The van der Waals surface area contributed by atoms with Crippen LogP contribution < -0.4 is 5.32 Å². The van der Waals surface area contributed by atoms with Gasteiger partial charge in [0.2, 0.25) is 0 Å². The molecule has 2 N–H and O–H groups in total. The fraction of sp³-hybridized carbons (Fsp3) is 0.118. The maximum absolute atomic E-state index is 12.3. The van der Waals surface area contributed by atoms with Crippen LogP contribution in [0, 0.1) is 25.2 Å². The maximum atomic E-state index is 12.3. The standard InChI is InChI=1S/C17H14N4O2/c1-10-6-7-14(23-10)15-11(2)16(21-20-15)19-17(22)13-5-3-4-12(8-13)9-18/h3-8H,1-2H3,(H2,19,20,21,22). The van der Waals surface area contributed by atoms with E-state index < -0.39 is 0 Å². The number of rotatable bonds is 3. The van der Waals surface area contributed by atoms with Gasteiger partial charge in [-0.3, -0.25) is 9.89 Å². The van der Waals surface area contributed by atoms with Crippen LogP contribution in [0.4, 0.5) is 5.82 Å². The van der Waals surface area contributed by atoms with Gasteiger partial charge in [0, 0.05) is 11.1 Å². The van der Waals surface area contributed by atoms with Crippen molar-refractivity contribution in [2.75, 3.05) is 5.32 Å². The third-order valence-corrected chi connectivity index (χ3v) is 3.48. The molecule has 0 saturated heterocycles. The summed E-state index contributed by atoms with van der Waals surface area (Å²) in [6.07, 6.45) is 0. The van der Waals surface area contributed by atoms with Crippen molar-refractivity contribution in [1.82, 2.24) is 10.2 Å². The second-order valence-electron chi connectivity index (χ2n) is 5.13. The van der Waals surface area contributed by atoms with Gasteiger partial charge in [-0.15, -0.1) is 0 Å². The average molecular weight is 306 g/mol. The van der Waals surface area contributed by atoms with Gasteiger partial charge in [0.1, 0.15) is 11.5 Å². The van der Waals surface area contributed by atoms with E-state index in [1.54, 1.807) is 18.2 Å². The third-order valence-electron chi connectivity index (χ3n) is 3.48. The number of benzene rings is 1. The Morgan fingerprint density at radius 2 is 2.13 bits per heavy atom. The fourth-order valence-electron chi connectivity index (χ4n) is 2.24. The number of amides is 1. The number of anilines is 1. The highest BCUT2D eigenvalue weighted by atomic mass is 16.3. The van der Waals surface area contributed by atoms with Gasteiger partial charge in [0.25, 0.3) is 5.91 Å². The number of nitrogens with one attached hydrogen (secondary N) is 2. The number of nitriles is 1. The van der Waals surface area contributed by atoms with Crippen molar-refractivity contribution in [2.24, 2.45) is 0 Å². The highest BCUT2D eigenvalue weighted by Crippen LogP contribution is 2.27. The molecule has 6 heteroatoms. The van der Waals surface area contributed by atoms with Gasteiger partial charge in [0.15, 0.2) is 11.6 Å². The summed E-state index contributed by atoms with van der Waals surface area (Å²) in [7, 11) is 0. The predicted octanol–water partition coefficient (Wildman–Crippen LogP) is 3.41. The summed E-state index contributed by atoms with van der Waals surface area (Å²) in [6.45, 7) is 3.71. The zero-order valence-electron chi connectivity index (χ0n) is 12.7. The summed E-state index contributed by atoms with van der Waals surface area (Å²) in [4.78, 5) is 12.3. The van der Waals surface area contributed by atoms with Crippen LogP contribution in [-0.2, 0) is 0 Å². The molecule has 1 amide bonds. The third kappa shape index (κ3) is 2.85. The Morgan fingerprint density at radius 3 is 2.83 bits per heavy atom. The van der Waals surface area contributed by atoms with Crippen molar-refractivity contribution in [1.29, 1.82) is 5.26 Å². The molecule has 23 heavy (non-hydrogen) atoms. The predicted molar refractivity (Wildman–Crippen MR) is 84.9 cm³/mol. The van der Waals surface area contributed by atoms with E-state index in [4.69, 9.17) is 9.68 Å². The maximum Gasteiger partial charge on any atom is 0.256 e. The van der Waals surface area contributed by atoms with Gasteiger partial charge in [-0.2, -0.15) is 10.4 Å². The molecule has 0 aliphatic heterocycles. The molecule has 2 aromatic heterocycles. The van der Waals surface area contributed by atoms with Gasteiger partial charge in [-0.1, -0.05) is 6.07 Å². The number of hydrogen-bond donors (Lipinski definition) is 2. The Balaban J connectivity index is 1.85. The largest absolute Gasteiger partial charge is 0.460 e. The summed E-state index contributed by atoms with van der Waals surface area (Å²) in [5.41, 5.74) is 2.34. The summed E-state index contributed by atoms with van der Waals surface area (Å²) in [6, 6.07) is 12.2. The van der Waals surface area contributed by atoms with E-state index in [1.165, 1.54) is 6.07 Å². The van der Waals surface area contributed by atoms with E-state index in [0.29, 0.717) is 22.7 Å². The van der Waals surface area contributed by atoms with Crippen molar-refractivity contribution in [3.8, 4) is 17.5 Å². The fourth-order valence-corrected chi connectivity index (χ4v) is 2.24. The molecule has 0 fully saturated rings. The minimum Gasteiger partial charge on any atom is -0.460 e. The highest BCUT2D eigenvalue weighted by Gasteiger charge is 2.16. The molecule has 6 nitrogen and oxygen atoms in total. The molecule has 3 aromatic rings. The Morgan fingerprint density at radius 1 is 1.30 bits per heavy atom. The first-order valence-electron chi connectivity index (χ1n) is 7.02. The first-order valence-corrected chi connectivity index (χ1v) is 7.02. The second kappa shape index (κ2) is 5.81. The molecule has 114 valence electrons. The first-order chi connectivity index (χ1) is 11.1. The van der Waals surface area contributed by atoms with Crippen molar-refractivity contribution < 1.29 is 9.21 Å². The number of hydrogen-bond acceptors (Lipinski definition) is 4. The summed E-state index contributed by atoms with van der Waals surface area (Å²) < 4.78 is 5.56. The quantitative estimate of drug-likeness (QED) is 0.775. The van der Waals surface area contributed by atoms with Crippen LogP contribution in [0.5, 0.6) is 0 Å². The molecule has 0 aliphatic carbocycles. The van der Waals surface area contributed by atoms with Crippen molar-refractivity contribution in [3.05, 3.63) is 58.8 Å². The summed E-state index contributed by atoms with van der Waals surface area (Å²) in [5.74, 6) is 1.58. The molecule has 0 bridgehead atoms. The number of furan rings is 1. The molecule has 0 spiro atoms. The number of H-pyrrole nitrogens is 1. The molecule has 0 atom stereocenters. The molecule has 1 aromatic carbocycles. The number of aromatic nitrogens is 2. The Bertz CT molecular complexity index is 915. The molecule has 3 rings (SSSR count). The lowest BCUT2D eigenvalue weighted by Gasteiger charge is -2.03. The van der Waals surface area contributed by atoms with Crippen molar-refractivity contribution >= 4 is 11.7 Å². The first kappa shape index (κ1) is 14.6. The second-order valence-corrected chi connectivity index (χ2v) is 5.13. The topological polar surface area (TPSA) is 94.7 Å². The normalized spacial score (nSPS) is 10.3. The highest BCUT2D eigenvalue weighted by molar-refractivity contribution is 6.04. The Hall–Kier alpha value is -3.33. The summed E-state index contributed by atoms with van der Waals surface area (Å²) >= 11 is 0.